The van der Waals surface area contributed by atoms with Crippen LogP contribution in [0.2, 0.25) is 0 Å². The molecule has 0 aromatic carbocycles. The third kappa shape index (κ3) is 6.23. The van der Waals surface area contributed by atoms with Crippen molar-refractivity contribution in [3.63, 3.8) is 0 Å². The first kappa shape index (κ1) is 10.1. The molecule has 3 heteroatoms. The molecule has 0 aliphatic carbocycles. The Morgan fingerprint density at radius 3 is 2.60 bits per heavy atom. The largest absolute Gasteiger partial charge is 0.385 e. The molecule has 1 unspecified atom stereocenters. The van der Waals surface area contributed by atoms with Crippen molar-refractivity contribution in [2.75, 3.05) is 25.2 Å². The summed E-state index contributed by atoms with van der Waals surface area (Å²) in [5.41, 5.74) is 0. The quantitative estimate of drug-likeness (QED) is 0.551. The van der Waals surface area contributed by atoms with Gasteiger partial charge >= 0.3 is 0 Å². The Balaban J connectivity index is 3.05. The average molecular weight is 164 g/mol. The molecule has 62 valence electrons. The second kappa shape index (κ2) is 7.22. The number of ether oxygens (including phenoxy) is 1. The van der Waals surface area contributed by atoms with Gasteiger partial charge in [-0.3, -0.25) is 4.21 Å². The molecular formula is C7H16O2S. The van der Waals surface area contributed by atoms with Crippen molar-refractivity contribution in [2.45, 2.75) is 19.8 Å². The highest BCUT2D eigenvalue weighted by Gasteiger charge is 1.95. The van der Waals surface area contributed by atoms with Gasteiger partial charge in [-0.15, -0.1) is 0 Å². The first-order valence-corrected chi connectivity index (χ1v) is 5.14. The molecule has 0 aromatic heterocycles. The SMILES string of the molecule is CCCS(=O)CCCOC. The molecule has 2 nitrogen and oxygen atoms in total. The van der Waals surface area contributed by atoms with Crippen molar-refractivity contribution in [2.24, 2.45) is 0 Å². The molecule has 1 atom stereocenters. The first-order valence-electron chi connectivity index (χ1n) is 3.65. The van der Waals surface area contributed by atoms with Crippen LogP contribution in [0.5, 0.6) is 0 Å². The predicted octanol–water partition coefficient (Wildman–Crippen LogP) is 1.18. The molecule has 0 heterocycles. The van der Waals surface area contributed by atoms with E-state index in [0.717, 1.165) is 31.0 Å². The minimum Gasteiger partial charge on any atom is -0.385 e. The second-order valence-corrected chi connectivity index (χ2v) is 3.89. The van der Waals surface area contributed by atoms with Gasteiger partial charge in [0.25, 0.3) is 0 Å². The molecule has 0 N–H and O–H groups in total. The van der Waals surface area contributed by atoms with E-state index in [9.17, 15) is 4.21 Å². The summed E-state index contributed by atoms with van der Waals surface area (Å²) in [6, 6.07) is 0. The summed E-state index contributed by atoms with van der Waals surface area (Å²) in [6.07, 6.45) is 1.93. The van der Waals surface area contributed by atoms with Crippen LogP contribution in [0, 0.1) is 0 Å². The maximum atomic E-state index is 11.0. The molecular weight excluding hydrogens is 148 g/mol. The summed E-state index contributed by atoms with van der Waals surface area (Å²) in [7, 11) is 1.07. The highest BCUT2D eigenvalue weighted by molar-refractivity contribution is 7.84. The number of hydrogen-bond donors (Lipinski definition) is 0. The van der Waals surface area contributed by atoms with Gasteiger partial charge in [0, 0.05) is 36.0 Å². The van der Waals surface area contributed by atoms with Crippen LogP contribution in [0.4, 0.5) is 0 Å². The van der Waals surface area contributed by atoms with E-state index in [1.165, 1.54) is 0 Å². The van der Waals surface area contributed by atoms with E-state index in [1.54, 1.807) is 7.11 Å². The summed E-state index contributed by atoms with van der Waals surface area (Å²) in [4.78, 5) is 0. The van der Waals surface area contributed by atoms with Crippen LogP contribution in [0.1, 0.15) is 19.8 Å². The minimum absolute atomic E-state index is 0.602. The van der Waals surface area contributed by atoms with Crippen LogP contribution in [0.15, 0.2) is 0 Å². The lowest BCUT2D eigenvalue weighted by Gasteiger charge is -1.98. The fourth-order valence-electron chi connectivity index (χ4n) is 0.694. The molecule has 0 amide bonds. The molecule has 0 bridgehead atoms. The molecule has 0 aromatic rings. The van der Waals surface area contributed by atoms with E-state index in [1.807, 2.05) is 6.92 Å². The van der Waals surface area contributed by atoms with E-state index >= 15 is 0 Å². The average Bonchev–Trinajstić information content (AvgIpc) is 1.89. The van der Waals surface area contributed by atoms with Gasteiger partial charge in [0.05, 0.1) is 0 Å². The van der Waals surface area contributed by atoms with E-state index in [2.05, 4.69) is 0 Å². The lowest BCUT2D eigenvalue weighted by molar-refractivity contribution is 0.200. The molecule has 0 radical (unpaired) electrons. The Morgan fingerprint density at radius 1 is 1.40 bits per heavy atom. The van der Waals surface area contributed by atoms with Crippen molar-refractivity contribution >= 4 is 10.8 Å². The highest BCUT2D eigenvalue weighted by Crippen LogP contribution is 1.90. The van der Waals surface area contributed by atoms with Crippen LogP contribution < -0.4 is 0 Å². The summed E-state index contributed by atoms with van der Waals surface area (Å²) in [6.45, 7) is 2.78. The Morgan fingerprint density at radius 2 is 2.10 bits per heavy atom. The van der Waals surface area contributed by atoms with Crippen molar-refractivity contribution in [3.05, 3.63) is 0 Å². The molecule has 0 aliphatic rings. The Kier molecular flexibility index (Phi) is 7.30. The molecule has 0 saturated heterocycles. The van der Waals surface area contributed by atoms with Crippen molar-refractivity contribution < 1.29 is 8.95 Å². The third-order valence-corrected chi connectivity index (χ3v) is 2.76. The zero-order valence-electron chi connectivity index (χ0n) is 6.76. The van der Waals surface area contributed by atoms with Gasteiger partial charge in [0.1, 0.15) is 0 Å². The topological polar surface area (TPSA) is 26.3 Å². The van der Waals surface area contributed by atoms with Gasteiger partial charge in [0.15, 0.2) is 0 Å². The lowest BCUT2D eigenvalue weighted by Crippen LogP contribution is -2.04. The molecule has 10 heavy (non-hydrogen) atoms. The van der Waals surface area contributed by atoms with Gasteiger partial charge in [0.2, 0.25) is 0 Å². The first-order chi connectivity index (χ1) is 4.81. The third-order valence-electron chi connectivity index (χ3n) is 1.15. The normalized spacial score (nSPS) is 13.4. The monoisotopic (exact) mass is 164 g/mol. The summed E-state index contributed by atoms with van der Waals surface area (Å²) in [5, 5.41) is 0. The smallest absolute Gasteiger partial charge is 0.0471 e. The molecule has 0 rings (SSSR count). The summed E-state index contributed by atoms with van der Waals surface area (Å²) in [5.74, 6) is 1.63. The van der Waals surface area contributed by atoms with Gasteiger partial charge in [-0.25, -0.2) is 0 Å². The fraction of sp³-hybridized carbons (Fsp3) is 1.00. The van der Waals surface area contributed by atoms with Crippen LogP contribution >= 0.6 is 0 Å². The van der Waals surface area contributed by atoms with Gasteiger partial charge < -0.3 is 4.74 Å². The maximum Gasteiger partial charge on any atom is 0.0471 e. The van der Waals surface area contributed by atoms with Gasteiger partial charge in [-0.2, -0.15) is 0 Å². The van der Waals surface area contributed by atoms with Crippen molar-refractivity contribution in [3.8, 4) is 0 Å². The number of rotatable bonds is 6. The van der Waals surface area contributed by atoms with Crippen LogP contribution in [0.3, 0.4) is 0 Å². The highest BCUT2D eigenvalue weighted by atomic mass is 32.2. The van der Waals surface area contributed by atoms with E-state index in [0.29, 0.717) is 0 Å². The minimum atomic E-state index is -0.602. The predicted molar refractivity (Wildman–Crippen MR) is 44.7 cm³/mol. The molecule has 0 spiro atoms. The van der Waals surface area contributed by atoms with E-state index < -0.39 is 10.8 Å². The van der Waals surface area contributed by atoms with Gasteiger partial charge in [-0.05, 0) is 12.8 Å². The standard InChI is InChI=1S/C7H16O2S/c1-3-6-10(8)7-4-5-9-2/h3-7H2,1-2H3. The zero-order valence-corrected chi connectivity index (χ0v) is 7.58. The second-order valence-electron chi connectivity index (χ2n) is 2.19. The van der Waals surface area contributed by atoms with Crippen LogP contribution in [-0.2, 0) is 15.5 Å². The van der Waals surface area contributed by atoms with E-state index in [4.69, 9.17) is 4.74 Å². The molecule has 0 aliphatic heterocycles. The van der Waals surface area contributed by atoms with Crippen LogP contribution in [-0.4, -0.2) is 29.4 Å². The van der Waals surface area contributed by atoms with Crippen LogP contribution in [0.25, 0.3) is 0 Å². The number of hydrogen-bond acceptors (Lipinski definition) is 2. The Labute approximate surface area is 65.4 Å². The maximum absolute atomic E-state index is 11.0. The van der Waals surface area contributed by atoms with Gasteiger partial charge in [-0.1, -0.05) is 6.92 Å². The number of methoxy groups -OCH3 is 1. The zero-order chi connectivity index (χ0) is 7.82. The molecule has 0 saturated carbocycles. The Bertz CT molecular complexity index is 93.6. The molecule has 0 fully saturated rings. The lowest BCUT2D eigenvalue weighted by atomic mass is 10.5. The van der Waals surface area contributed by atoms with Crippen molar-refractivity contribution in [1.82, 2.24) is 0 Å². The van der Waals surface area contributed by atoms with Crippen molar-refractivity contribution in [1.29, 1.82) is 0 Å². The summed E-state index contributed by atoms with van der Waals surface area (Å²) >= 11 is 0. The summed E-state index contributed by atoms with van der Waals surface area (Å²) < 4.78 is 15.8. The fourth-order valence-corrected chi connectivity index (χ4v) is 1.79. The Hall–Kier alpha value is 0.110. The van der Waals surface area contributed by atoms with E-state index in [-0.39, 0.29) is 0 Å².